The molecule has 0 saturated carbocycles. The van der Waals surface area contributed by atoms with E-state index in [9.17, 15) is 14.6 Å². The minimum Gasteiger partial charge on any atom is -0.507 e. The van der Waals surface area contributed by atoms with E-state index >= 15 is 0 Å². The van der Waals surface area contributed by atoms with Crippen LogP contribution in [0, 0.1) is 5.82 Å². The van der Waals surface area contributed by atoms with E-state index in [-0.39, 0.29) is 11.6 Å². The molecule has 0 radical (unpaired) electrons. The summed E-state index contributed by atoms with van der Waals surface area (Å²) in [6, 6.07) is 13.0. The van der Waals surface area contributed by atoms with Gasteiger partial charge in [-0.1, -0.05) is 44.2 Å². The van der Waals surface area contributed by atoms with Crippen LogP contribution in [-0.4, -0.2) is 15.8 Å². The molecular formula is C19H21FO2. The van der Waals surface area contributed by atoms with Gasteiger partial charge in [0.1, 0.15) is 11.6 Å². The zero-order chi connectivity index (χ0) is 16.2. The van der Waals surface area contributed by atoms with Gasteiger partial charge in [-0.15, -0.1) is 0 Å². The Morgan fingerprint density at radius 3 is 2.18 bits per heavy atom. The topological polar surface area (TPSA) is 40.5 Å². The van der Waals surface area contributed by atoms with E-state index in [2.05, 4.69) is 0 Å². The first-order valence-electron chi connectivity index (χ1n) is 7.48. The van der Waals surface area contributed by atoms with Crippen molar-refractivity contribution in [2.45, 2.75) is 32.3 Å². The van der Waals surface area contributed by atoms with Gasteiger partial charge in [-0.05, 0) is 48.3 Å². The second-order valence-corrected chi connectivity index (χ2v) is 5.39. The van der Waals surface area contributed by atoms with Crippen LogP contribution in [0.5, 0.6) is 5.75 Å². The lowest BCUT2D eigenvalue weighted by molar-refractivity contribution is 0.0833. The smallest absolute Gasteiger partial charge is 0.123 e. The van der Waals surface area contributed by atoms with Crippen molar-refractivity contribution in [3.05, 3.63) is 71.6 Å². The predicted molar refractivity (Wildman–Crippen MR) is 87.1 cm³/mol. The van der Waals surface area contributed by atoms with Gasteiger partial charge in [0.05, 0.1) is 5.60 Å². The summed E-state index contributed by atoms with van der Waals surface area (Å²) in [6.45, 7) is 3.82. The van der Waals surface area contributed by atoms with Gasteiger partial charge in [0.15, 0.2) is 0 Å². The molecule has 0 fully saturated rings. The Bertz CT molecular complexity index is 655. The van der Waals surface area contributed by atoms with Gasteiger partial charge < -0.3 is 10.2 Å². The van der Waals surface area contributed by atoms with E-state index in [1.807, 2.05) is 19.9 Å². The van der Waals surface area contributed by atoms with E-state index in [4.69, 9.17) is 0 Å². The second-order valence-electron chi connectivity index (χ2n) is 5.39. The zero-order valence-electron chi connectivity index (χ0n) is 12.9. The summed E-state index contributed by atoms with van der Waals surface area (Å²) in [4.78, 5) is 0. The molecule has 116 valence electrons. The molecule has 0 aliphatic heterocycles. The van der Waals surface area contributed by atoms with Crippen LogP contribution in [0.25, 0.3) is 5.57 Å². The molecule has 0 heterocycles. The SMILES string of the molecule is CCC(O)(C=C(c1ccc(F)cc1)c1ccccc1O)CC. The first kappa shape index (κ1) is 16.2. The predicted octanol–water partition coefficient (Wildman–Crippen LogP) is 4.51. The van der Waals surface area contributed by atoms with Gasteiger partial charge in [0.25, 0.3) is 0 Å². The molecule has 0 saturated heterocycles. The van der Waals surface area contributed by atoms with Gasteiger partial charge in [-0.3, -0.25) is 0 Å². The highest BCUT2D eigenvalue weighted by atomic mass is 19.1. The summed E-state index contributed by atoms with van der Waals surface area (Å²) in [6.07, 6.45) is 2.87. The first-order valence-corrected chi connectivity index (χ1v) is 7.48. The normalized spacial score (nSPS) is 12.5. The Hall–Kier alpha value is -2.13. The molecule has 2 N–H and O–H groups in total. The third-order valence-corrected chi connectivity index (χ3v) is 3.99. The summed E-state index contributed by atoms with van der Waals surface area (Å²) >= 11 is 0. The molecule has 2 rings (SSSR count). The number of hydrogen-bond acceptors (Lipinski definition) is 2. The maximum absolute atomic E-state index is 13.2. The molecule has 0 aliphatic rings. The average molecular weight is 300 g/mol. The number of aromatic hydroxyl groups is 1. The number of benzene rings is 2. The Kier molecular flexibility index (Phi) is 4.99. The number of rotatable bonds is 5. The van der Waals surface area contributed by atoms with Gasteiger partial charge in [0, 0.05) is 5.56 Å². The molecule has 0 aliphatic carbocycles. The zero-order valence-corrected chi connectivity index (χ0v) is 12.9. The second kappa shape index (κ2) is 6.75. The number of halogens is 1. The van der Waals surface area contributed by atoms with Crippen molar-refractivity contribution in [1.29, 1.82) is 0 Å². The summed E-state index contributed by atoms with van der Waals surface area (Å²) in [7, 11) is 0. The van der Waals surface area contributed by atoms with Crippen LogP contribution in [0.4, 0.5) is 4.39 Å². The van der Waals surface area contributed by atoms with Crippen molar-refractivity contribution in [2.24, 2.45) is 0 Å². The molecule has 3 heteroatoms. The van der Waals surface area contributed by atoms with Crippen molar-refractivity contribution < 1.29 is 14.6 Å². The number of aliphatic hydroxyl groups is 1. The lowest BCUT2D eigenvalue weighted by Crippen LogP contribution is -2.23. The summed E-state index contributed by atoms with van der Waals surface area (Å²) in [5, 5.41) is 20.8. The lowest BCUT2D eigenvalue weighted by Gasteiger charge is -2.23. The highest BCUT2D eigenvalue weighted by Crippen LogP contribution is 2.33. The number of para-hydroxylation sites is 1. The number of phenolic OH excluding ortho intramolecular Hbond substituents is 1. The van der Waals surface area contributed by atoms with Crippen LogP contribution >= 0.6 is 0 Å². The van der Waals surface area contributed by atoms with Crippen molar-refractivity contribution in [3.63, 3.8) is 0 Å². The number of phenols is 1. The van der Waals surface area contributed by atoms with Crippen molar-refractivity contribution in [3.8, 4) is 5.75 Å². The van der Waals surface area contributed by atoms with E-state index in [0.717, 1.165) is 5.56 Å². The highest BCUT2D eigenvalue weighted by Gasteiger charge is 2.22. The van der Waals surface area contributed by atoms with E-state index in [1.54, 1.807) is 36.4 Å². The summed E-state index contributed by atoms with van der Waals surface area (Å²) in [5.74, 6) is -0.186. The van der Waals surface area contributed by atoms with Gasteiger partial charge >= 0.3 is 0 Å². The maximum Gasteiger partial charge on any atom is 0.123 e. The van der Waals surface area contributed by atoms with Crippen LogP contribution in [0.2, 0.25) is 0 Å². The monoisotopic (exact) mass is 300 g/mol. The van der Waals surface area contributed by atoms with Gasteiger partial charge in [-0.2, -0.15) is 0 Å². The Balaban J connectivity index is 2.62. The molecule has 2 nitrogen and oxygen atoms in total. The molecule has 0 atom stereocenters. The third-order valence-electron chi connectivity index (χ3n) is 3.99. The Morgan fingerprint density at radius 1 is 1.05 bits per heavy atom. The molecule has 2 aromatic rings. The molecular weight excluding hydrogens is 279 g/mol. The summed E-state index contributed by atoms with van der Waals surface area (Å²) in [5.41, 5.74) is 1.10. The van der Waals surface area contributed by atoms with Crippen molar-refractivity contribution in [2.75, 3.05) is 0 Å². The third kappa shape index (κ3) is 3.55. The van der Waals surface area contributed by atoms with Crippen molar-refractivity contribution in [1.82, 2.24) is 0 Å². The lowest BCUT2D eigenvalue weighted by atomic mass is 9.88. The van der Waals surface area contributed by atoms with Crippen LogP contribution in [0.3, 0.4) is 0 Å². The molecule has 0 amide bonds. The van der Waals surface area contributed by atoms with Crippen molar-refractivity contribution >= 4 is 5.57 Å². The van der Waals surface area contributed by atoms with Crippen LogP contribution in [-0.2, 0) is 0 Å². The molecule has 0 spiro atoms. The van der Waals surface area contributed by atoms with E-state index in [1.165, 1.54) is 12.1 Å². The largest absolute Gasteiger partial charge is 0.507 e. The van der Waals surface area contributed by atoms with E-state index in [0.29, 0.717) is 24.0 Å². The van der Waals surface area contributed by atoms with Gasteiger partial charge in [0.2, 0.25) is 0 Å². The first-order chi connectivity index (χ1) is 10.5. The Morgan fingerprint density at radius 2 is 1.64 bits per heavy atom. The fourth-order valence-corrected chi connectivity index (χ4v) is 2.37. The highest BCUT2D eigenvalue weighted by molar-refractivity contribution is 5.83. The van der Waals surface area contributed by atoms with Gasteiger partial charge in [-0.25, -0.2) is 4.39 Å². The fraction of sp³-hybridized carbons (Fsp3) is 0.263. The molecule has 2 aromatic carbocycles. The summed E-state index contributed by atoms with van der Waals surface area (Å²) < 4.78 is 13.2. The van der Waals surface area contributed by atoms with Crippen LogP contribution in [0.15, 0.2) is 54.6 Å². The molecule has 22 heavy (non-hydrogen) atoms. The quantitative estimate of drug-likeness (QED) is 0.852. The molecule has 0 unspecified atom stereocenters. The van der Waals surface area contributed by atoms with E-state index < -0.39 is 5.60 Å². The maximum atomic E-state index is 13.2. The Labute approximate surface area is 130 Å². The van der Waals surface area contributed by atoms with Crippen LogP contribution in [0.1, 0.15) is 37.8 Å². The molecule has 0 bridgehead atoms. The van der Waals surface area contributed by atoms with Crippen LogP contribution < -0.4 is 0 Å². The minimum atomic E-state index is -0.966. The number of hydrogen-bond donors (Lipinski definition) is 2. The molecule has 0 aromatic heterocycles. The fourth-order valence-electron chi connectivity index (χ4n) is 2.37. The standard InChI is InChI=1S/C19H21FO2/c1-3-19(22,4-2)13-17(14-9-11-15(20)12-10-14)16-7-5-6-8-18(16)21/h5-13,21-22H,3-4H2,1-2H3. The minimum absolute atomic E-state index is 0.132. The average Bonchev–Trinajstić information content (AvgIpc) is 2.54.